The zero-order valence-corrected chi connectivity index (χ0v) is 8.86. The van der Waals surface area contributed by atoms with Crippen molar-refractivity contribution in [2.75, 3.05) is 7.05 Å². The van der Waals surface area contributed by atoms with Crippen LogP contribution in [0.25, 0.3) is 0 Å². The maximum Gasteiger partial charge on any atom is 0.104 e. The smallest absolute Gasteiger partial charge is 0.104 e. The van der Waals surface area contributed by atoms with Gasteiger partial charge >= 0.3 is 0 Å². The summed E-state index contributed by atoms with van der Waals surface area (Å²) in [6.07, 6.45) is 1.74. The lowest BCUT2D eigenvalue weighted by Crippen LogP contribution is -2.18. The average molecular weight is 202 g/mol. The third-order valence-corrected chi connectivity index (χ3v) is 2.39. The van der Waals surface area contributed by atoms with E-state index >= 15 is 0 Å². The quantitative estimate of drug-likeness (QED) is 0.791. The molecule has 0 bridgehead atoms. The molecule has 0 aliphatic rings. The first kappa shape index (κ1) is 9.86. The highest BCUT2D eigenvalue weighted by molar-refractivity contribution is 5.29. The number of nitrogens with one attached hydrogen (secondary N) is 2. The molecule has 15 heavy (non-hydrogen) atoms. The number of aromatic amines is 1. The lowest BCUT2D eigenvalue weighted by molar-refractivity contribution is 0.667. The Morgan fingerprint density at radius 3 is 2.87 bits per heavy atom. The molecule has 0 spiro atoms. The molecule has 0 saturated carbocycles. The molecule has 0 radical (unpaired) electrons. The highest BCUT2D eigenvalue weighted by Crippen LogP contribution is 2.19. The van der Waals surface area contributed by atoms with E-state index in [0.29, 0.717) is 0 Å². The molecule has 1 aromatic heterocycles. The van der Waals surface area contributed by atoms with Gasteiger partial charge in [0.25, 0.3) is 0 Å². The van der Waals surface area contributed by atoms with Crippen molar-refractivity contribution in [3.8, 4) is 0 Å². The summed E-state index contributed by atoms with van der Waals surface area (Å²) in [5.74, 6) is 0. The molecule has 0 saturated heterocycles. The molecule has 0 aliphatic heterocycles. The summed E-state index contributed by atoms with van der Waals surface area (Å²) in [7, 11) is 1.92. The number of nitrogens with zero attached hydrogens (tertiary/aromatic N) is 2. The fourth-order valence-corrected chi connectivity index (χ4v) is 1.68. The van der Waals surface area contributed by atoms with Gasteiger partial charge in [0.2, 0.25) is 0 Å². The zero-order valence-electron chi connectivity index (χ0n) is 8.86. The molecule has 2 rings (SSSR count). The fourth-order valence-electron chi connectivity index (χ4n) is 1.68. The number of aryl methyl sites for hydroxylation is 1. The van der Waals surface area contributed by atoms with Gasteiger partial charge in [-0.3, -0.25) is 0 Å². The maximum atomic E-state index is 4.09. The van der Waals surface area contributed by atoms with Gasteiger partial charge in [0.05, 0.1) is 12.2 Å². The molecular formula is C11H14N4. The molecule has 2 aromatic rings. The topological polar surface area (TPSA) is 53.6 Å². The number of hydrogen-bond acceptors (Lipinski definition) is 3. The Balaban J connectivity index is 2.35. The van der Waals surface area contributed by atoms with Crippen LogP contribution >= 0.6 is 0 Å². The summed E-state index contributed by atoms with van der Waals surface area (Å²) >= 11 is 0. The van der Waals surface area contributed by atoms with Crippen molar-refractivity contribution < 1.29 is 0 Å². The zero-order chi connectivity index (χ0) is 10.7. The molecule has 4 nitrogen and oxygen atoms in total. The van der Waals surface area contributed by atoms with Crippen LogP contribution in [0.1, 0.15) is 22.9 Å². The van der Waals surface area contributed by atoms with Gasteiger partial charge in [-0.05, 0) is 19.5 Å². The molecule has 2 N–H and O–H groups in total. The number of rotatable bonds is 3. The lowest BCUT2D eigenvalue weighted by atomic mass is 10.0. The standard InChI is InChI=1S/C11H14N4/c1-8-4-3-5-9(6-8)11(12-2)10-7-13-15-14-10/h3-7,11-12H,1-2H3,(H,13,14,15). The van der Waals surface area contributed by atoms with E-state index in [4.69, 9.17) is 0 Å². The summed E-state index contributed by atoms with van der Waals surface area (Å²) in [6, 6.07) is 8.47. The van der Waals surface area contributed by atoms with E-state index in [1.54, 1.807) is 6.20 Å². The predicted molar refractivity (Wildman–Crippen MR) is 58.5 cm³/mol. The highest BCUT2D eigenvalue weighted by Gasteiger charge is 2.13. The van der Waals surface area contributed by atoms with E-state index in [1.165, 1.54) is 11.1 Å². The first-order chi connectivity index (χ1) is 7.31. The average Bonchev–Trinajstić information content (AvgIpc) is 2.72. The summed E-state index contributed by atoms with van der Waals surface area (Å²) in [6.45, 7) is 2.08. The van der Waals surface area contributed by atoms with Crippen LogP contribution in [0.3, 0.4) is 0 Å². The van der Waals surface area contributed by atoms with Crippen LogP contribution in [0.15, 0.2) is 30.5 Å². The van der Waals surface area contributed by atoms with E-state index in [9.17, 15) is 0 Å². The minimum atomic E-state index is 0.101. The van der Waals surface area contributed by atoms with Crippen molar-refractivity contribution in [2.24, 2.45) is 0 Å². The minimum absolute atomic E-state index is 0.101. The molecule has 0 fully saturated rings. The van der Waals surface area contributed by atoms with E-state index in [-0.39, 0.29) is 6.04 Å². The van der Waals surface area contributed by atoms with Crippen LogP contribution in [0.5, 0.6) is 0 Å². The molecule has 1 aromatic carbocycles. The van der Waals surface area contributed by atoms with Crippen LogP contribution in [0.4, 0.5) is 0 Å². The Morgan fingerprint density at radius 2 is 2.27 bits per heavy atom. The molecule has 1 atom stereocenters. The molecule has 1 heterocycles. The summed E-state index contributed by atoms with van der Waals surface area (Å²) in [5, 5.41) is 13.8. The number of aromatic nitrogens is 3. The largest absolute Gasteiger partial charge is 0.308 e. The molecule has 0 aliphatic carbocycles. The predicted octanol–water partition coefficient (Wildman–Crippen LogP) is 1.42. The third-order valence-electron chi connectivity index (χ3n) is 2.39. The fraction of sp³-hybridized carbons (Fsp3) is 0.273. The lowest BCUT2D eigenvalue weighted by Gasteiger charge is -2.13. The second-order valence-corrected chi connectivity index (χ2v) is 3.53. The number of benzene rings is 1. The molecule has 0 amide bonds. The van der Waals surface area contributed by atoms with Crippen LogP contribution in [-0.2, 0) is 0 Å². The van der Waals surface area contributed by atoms with Gasteiger partial charge in [0.1, 0.15) is 5.69 Å². The SMILES string of the molecule is CNC(c1cccc(C)c1)c1cn[nH]n1. The van der Waals surface area contributed by atoms with Crippen molar-refractivity contribution in [1.29, 1.82) is 0 Å². The highest BCUT2D eigenvalue weighted by atomic mass is 15.3. The van der Waals surface area contributed by atoms with Gasteiger partial charge in [-0.15, -0.1) is 0 Å². The first-order valence-corrected chi connectivity index (χ1v) is 4.91. The van der Waals surface area contributed by atoms with E-state index in [1.807, 2.05) is 7.05 Å². The molecule has 78 valence electrons. The summed E-state index contributed by atoms with van der Waals surface area (Å²) in [5.41, 5.74) is 3.35. The Kier molecular flexibility index (Phi) is 2.78. The second kappa shape index (κ2) is 4.23. The van der Waals surface area contributed by atoms with E-state index < -0.39 is 0 Å². The van der Waals surface area contributed by atoms with Crippen LogP contribution in [0.2, 0.25) is 0 Å². The Morgan fingerprint density at radius 1 is 1.40 bits per heavy atom. The monoisotopic (exact) mass is 202 g/mol. The van der Waals surface area contributed by atoms with Gasteiger partial charge in [0, 0.05) is 0 Å². The van der Waals surface area contributed by atoms with Crippen LogP contribution < -0.4 is 5.32 Å². The van der Waals surface area contributed by atoms with Gasteiger partial charge < -0.3 is 5.32 Å². The first-order valence-electron chi connectivity index (χ1n) is 4.91. The summed E-state index contributed by atoms with van der Waals surface area (Å²) in [4.78, 5) is 0. The Bertz CT molecular complexity index is 422. The Hall–Kier alpha value is -1.68. The molecule has 1 unspecified atom stereocenters. The van der Waals surface area contributed by atoms with Crippen LogP contribution in [0, 0.1) is 6.92 Å². The van der Waals surface area contributed by atoms with Gasteiger partial charge in [-0.25, -0.2) is 0 Å². The van der Waals surface area contributed by atoms with Crippen molar-refractivity contribution in [3.63, 3.8) is 0 Å². The number of hydrogen-bond donors (Lipinski definition) is 2. The van der Waals surface area contributed by atoms with Crippen molar-refractivity contribution >= 4 is 0 Å². The minimum Gasteiger partial charge on any atom is -0.308 e. The van der Waals surface area contributed by atoms with Crippen molar-refractivity contribution in [1.82, 2.24) is 20.7 Å². The normalized spacial score (nSPS) is 12.7. The molecule has 4 heteroatoms. The van der Waals surface area contributed by atoms with Gasteiger partial charge in [-0.2, -0.15) is 15.4 Å². The van der Waals surface area contributed by atoms with E-state index in [0.717, 1.165) is 5.69 Å². The second-order valence-electron chi connectivity index (χ2n) is 3.53. The number of H-pyrrole nitrogens is 1. The summed E-state index contributed by atoms with van der Waals surface area (Å²) < 4.78 is 0. The van der Waals surface area contributed by atoms with E-state index in [2.05, 4.69) is 51.9 Å². The van der Waals surface area contributed by atoms with Gasteiger partial charge in [-0.1, -0.05) is 29.8 Å². The Labute approximate surface area is 88.7 Å². The van der Waals surface area contributed by atoms with Crippen molar-refractivity contribution in [2.45, 2.75) is 13.0 Å². The third kappa shape index (κ3) is 2.05. The maximum absolute atomic E-state index is 4.09. The van der Waals surface area contributed by atoms with Crippen molar-refractivity contribution in [3.05, 3.63) is 47.3 Å². The van der Waals surface area contributed by atoms with Crippen LogP contribution in [-0.4, -0.2) is 22.5 Å². The van der Waals surface area contributed by atoms with Gasteiger partial charge in [0.15, 0.2) is 0 Å². The molecular weight excluding hydrogens is 188 g/mol.